The molecule has 240 valence electrons. The highest BCUT2D eigenvalue weighted by atomic mass is 32.2. The number of halogens is 6. The van der Waals surface area contributed by atoms with Gasteiger partial charge in [-0.3, -0.25) is 0 Å². The van der Waals surface area contributed by atoms with Crippen LogP contribution in [0.2, 0.25) is 0 Å². The Morgan fingerprint density at radius 1 is 0.935 bits per heavy atom. The zero-order valence-electron chi connectivity index (χ0n) is 23.9. The number of alkyl halides is 5. The van der Waals surface area contributed by atoms with E-state index in [-0.39, 0.29) is 62.5 Å². The molecular weight excluding hydrogens is 644 g/mol. The topological polar surface area (TPSA) is 117 Å². The average molecular weight is 666 g/mol. The minimum absolute atomic E-state index is 0.0285. The highest BCUT2D eigenvalue weighted by molar-refractivity contribution is 7.90. The van der Waals surface area contributed by atoms with Crippen molar-refractivity contribution >= 4 is 9.84 Å². The largest absolute Gasteiger partial charge is 0.586 e. The highest BCUT2D eigenvalue weighted by Gasteiger charge is 2.43. The molecule has 0 radical (unpaired) electrons. The van der Waals surface area contributed by atoms with Crippen molar-refractivity contribution in [2.75, 3.05) is 6.26 Å². The van der Waals surface area contributed by atoms with Gasteiger partial charge < -0.3 is 19.0 Å². The first kappa shape index (κ1) is 31.2. The van der Waals surface area contributed by atoms with Gasteiger partial charge in [0.1, 0.15) is 11.5 Å². The zero-order valence-corrected chi connectivity index (χ0v) is 24.7. The van der Waals surface area contributed by atoms with Gasteiger partial charge >= 0.3 is 12.5 Å². The number of sulfone groups is 1. The van der Waals surface area contributed by atoms with Crippen LogP contribution in [0.25, 0.3) is 39.4 Å². The summed E-state index contributed by atoms with van der Waals surface area (Å²) in [7, 11) is -4.01. The number of hydrogen-bond acceptors (Lipinski definition) is 8. The molecule has 6 rings (SSSR count). The molecule has 3 aromatic carbocycles. The fourth-order valence-corrected chi connectivity index (χ4v) is 6.05. The van der Waals surface area contributed by atoms with Gasteiger partial charge in [0.25, 0.3) is 0 Å². The van der Waals surface area contributed by atoms with Crippen molar-refractivity contribution in [2.45, 2.75) is 37.8 Å². The highest BCUT2D eigenvalue weighted by Crippen LogP contribution is 2.45. The third-order valence-electron chi connectivity index (χ3n) is 7.10. The number of aryl methyl sites for hydroxylation is 2. The number of nitrogens with zero attached hydrogens (tertiary/aromatic N) is 3. The number of rotatable bonds is 6. The minimum atomic E-state index is -4.77. The van der Waals surface area contributed by atoms with Crippen LogP contribution in [0.5, 0.6) is 11.5 Å². The van der Waals surface area contributed by atoms with E-state index in [2.05, 4.69) is 19.6 Å². The second-order valence-corrected chi connectivity index (χ2v) is 12.4. The van der Waals surface area contributed by atoms with Gasteiger partial charge in [-0.2, -0.15) is 18.3 Å². The van der Waals surface area contributed by atoms with Crippen molar-refractivity contribution in [3.8, 4) is 50.9 Å². The molecule has 0 atom stereocenters. The normalized spacial score (nSPS) is 14.2. The van der Waals surface area contributed by atoms with Crippen molar-refractivity contribution in [2.24, 2.45) is 0 Å². The second-order valence-electron chi connectivity index (χ2n) is 10.4. The first-order valence-corrected chi connectivity index (χ1v) is 15.1. The lowest BCUT2D eigenvalue weighted by molar-refractivity contribution is -0.286. The molecule has 3 heterocycles. The van der Waals surface area contributed by atoms with Crippen LogP contribution in [0.3, 0.4) is 0 Å². The van der Waals surface area contributed by atoms with E-state index in [0.717, 1.165) is 29.1 Å². The van der Waals surface area contributed by atoms with Crippen LogP contribution < -0.4 is 9.47 Å². The molecule has 0 spiro atoms. The molecule has 1 aliphatic heterocycles. The van der Waals surface area contributed by atoms with Gasteiger partial charge in [0.15, 0.2) is 38.7 Å². The Morgan fingerprint density at radius 3 is 2.28 bits per heavy atom. The molecule has 0 saturated carbocycles. The SMILES string of the molecule is Cc1nc(-c2ccc3c(c2)OC(F)(F)O3)c(-c2cc(-c3cc(F)c(CO)c(S(C)(=O)=O)c3)ccc2-n2nc(C(F)(F)F)cc2C)o1. The van der Waals surface area contributed by atoms with Gasteiger partial charge in [-0.1, -0.05) is 6.07 Å². The smallest absolute Gasteiger partial charge is 0.440 e. The number of benzene rings is 3. The van der Waals surface area contributed by atoms with Crippen LogP contribution >= 0.6 is 0 Å². The number of fused-ring (bicyclic) bond motifs is 1. The predicted octanol–water partition coefficient (Wildman–Crippen LogP) is 6.85. The maximum Gasteiger partial charge on any atom is 0.586 e. The summed E-state index contributed by atoms with van der Waals surface area (Å²) in [5.41, 5.74) is -0.812. The average Bonchev–Trinajstić information content (AvgIpc) is 3.64. The van der Waals surface area contributed by atoms with Crippen molar-refractivity contribution < 1.29 is 53.8 Å². The first-order valence-electron chi connectivity index (χ1n) is 13.3. The molecule has 1 N–H and O–H groups in total. The Kier molecular flexibility index (Phi) is 7.20. The Balaban J connectivity index is 1.60. The van der Waals surface area contributed by atoms with Crippen molar-refractivity contribution in [3.05, 3.63) is 83.3 Å². The Labute approximate surface area is 256 Å². The number of ether oxygens (including phenoxy) is 2. The summed E-state index contributed by atoms with van der Waals surface area (Å²) in [4.78, 5) is 3.92. The minimum Gasteiger partial charge on any atom is -0.440 e. The third-order valence-corrected chi connectivity index (χ3v) is 8.26. The van der Waals surface area contributed by atoms with E-state index in [4.69, 9.17) is 4.42 Å². The van der Waals surface area contributed by atoms with Crippen LogP contribution in [-0.2, 0) is 22.6 Å². The van der Waals surface area contributed by atoms with Crippen molar-refractivity contribution in [1.29, 1.82) is 0 Å². The van der Waals surface area contributed by atoms with E-state index in [1.54, 1.807) is 0 Å². The monoisotopic (exact) mass is 665 g/mol. The van der Waals surface area contributed by atoms with Gasteiger partial charge in [0.2, 0.25) is 0 Å². The molecule has 1 aliphatic rings. The van der Waals surface area contributed by atoms with Crippen LogP contribution in [0.15, 0.2) is 63.9 Å². The molecule has 46 heavy (non-hydrogen) atoms. The Hall–Kier alpha value is -4.83. The maximum absolute atomic E-state index is 15.1. The lowest BCUT2D eigenvalue weighted by Crippen LogP contribution is -2.25. The van der Waals surface area contributed by atoms with Gasteiger partial charge in [0.05, 0.1) is 17.2 Å². The molecule has 5 aromatic rings. The lowest BCUT2D eigenvalue weighted by Gasteiger charge is -2.15. The third kappa shape index (κ3) is 5.58. The molecule has 0 bridgehead atoms. The second kappa shape index (κ2) is 10.6. The summed E-state index contributed by atoms with van der Waals surface area (Å²) in [5, 5.41) is 13.4. The number of aliphatic hydroxyl groups excluding tert-OH is 1. The fraction of sp³-hybridized carbons (Fsp3) is 0.200. The van der Waals surface area contributed by atoms with E-state index < -0.39 is 50.9 Å². The molecular formula is C30H21F6N3O6S. The standard InChI is InChI=1S/C30H21F6N3O6S/c1-14-8-26(29(32,33)34)38-39(14)22-6-4-16(18-10-21(31)20(13-40)25(12-18)46(3,41)42)9-19(22)28-27(37-15(2)43-28)17-5-7-23-24(11-17)45-30(35,36)44-23/h4-12,40H,13H2,1-3H3. The molecule has 0 unspecified atom stereocenters. The van der Waals surface area contributed by atoms with E-state index in [0.29, 0.717) is 0 Å². The molecule has 16 heteroatoms. The number of aliphatic hydroxyl groups is 1. The van der Waals surface area contributed by atoms with E-state index in [1.165, 1.54) is 50.2 Å². The summed E-state index contributed by atoms with van der Waals surface area (Å²) in [6.07, 6.45) is -7.82. The maximum atomic E-state index is 15.1. The van der Waals surface area contributed by atoms with Crippen LogP contribution in [0.4, 0.5) is 26.3 Å². The van der Waals surface area contributed by atoms with E-state index in [1.807, 2.05) is 0 Å². The molecule has 0 fully saturated rings. The van der Waals surface area contributed by atoms with Gasteiger partial charge in [-0.25, -0.2) is 22.5 Å². The molecule has 0 aliphatic carbocycles. The van der Waals surface area contributed by atoms with Gasteiger partial charge in [-0.05, 0) is 66.6 Å². The number of hydrogen-bond donors (Lipinski definition) is 1. The van der Waals surface area contributed by atoms with Crippen LogP contribution in [-0.4, -0.2) is 40.8 Å². The Morgan fingerprint density at radius 2 is 1.63 bits per heavy atom. The van der Waals surface area contributed by atoms with Crippen molar-refractivity contribution in [1.82, 2.24) is 14.8 Å². The predicted molar refractivity (Wildman–Crippen MR) is 150 cm³/mol. The lowest BCUT2D eigenvalue weighted by atomic mass is 9.97. The number of aromatic nitrogens is 3. The summed E-state index contributed by atoms with van der Waals surface area (Å²) in [6, 6.07) is 11.1. The van der Waals surface area contributed by atoms with Gasteiger partial charge in [-0.15, -0.1) is 8.78 Å². The van der Waals surface area contributed by atoms with Gasteiger partial charge in [0, 0.05) is 35.6 Å². The zero-order chi connectivity index (χ0) is 33.3. The first-order chi connectivity index (χ1) is 21.4. The van der Waals surface area contributed by atoms with E-state index in [9.17, 15) is 35.5 Å². The summed E-state index contributed by atoms with van der Waals surface area (Å²) in [5.74, 6) is -1.47. The van der Waals surface area contributed by atoms with Crippen LogP contribution in [0, 0.1) is 19.7 Å². The molecule has 2 aromatic heterocycles. The summed E-state index contributed by atoms with van der Waals surface area (Å²) in [6.45, 7) is 1.99. The van der Waals surface area contributed by atoms with E-state index >= 15 is 4.39 Å². The quantitative estimate of drug-likeness (QED) is 0.196. The summed E-state index contributed by atoms with van der Waals surface area (Å²) < 4.78 is 124. The molecule has 0 amide bonds. The summed E-state index contributed by atoms with van der Waals surface area (Å²) >= 11 is 0. The number of oxazole rings is 1. The van der Waals surface area contributed by atoms with Crippen molar-refractivity contribution in [3.63, 3.8) is 0 Å². The fourth-order valence-electron chi connectivity index (χ4n) is 5.10. The van der Waals surface area contributed by atoms with Crippen LogP contribution in [0.1, 0.15) is 22.8 Å². The molecule has 9 nitrogen and oxygen atoms in total. The molecule has 0 saturated heterocycles. The Bertz CT molecular complexity index is 2140.